The van der Waals surface area contributed by atoms with Crippen molar-refractivity contribution in [1.29, 1.82) is 0 Å². The van der Waals surface area contributed by atoms with Gasteiger partial charge in [0.15, 0.2) is 0 Å². The third kappa shape index (κ3) is 4.48. The first-order valence-corrected chi connectivity index (χ1v) is 7.28. The Morgan fingerprint density at radius 3 is 2.73 bits per heavy atom. The maximum Gasteiger partial charge on any atom is 0.244 e. The highest BCUT2D eigenvalue weighted by atomic mass is 16.5. The standard InChI is InChI=1S/C17H21N3O2/c1-4-22-16-8-6-15(7-9-16)13(2)19-17(21)10-5-14-11-18-20(3)12-14/h5-13H,4H2,1-3H3,(H,19,21). The number of carbonyl (C=O) groups is 1. The van der Waals surface area contributed by atoms with E-state index in [4.69, 9.17) is 4.74 Å². The summed E-state index contributed by atoms with van der Waals surface area (Å²) in [6, 6.07) is 7.67. The predicted octanol–water partition coefficient (Wildman–Crippen LogP) is 2.71. The average molecular weight is 299 g/mol. The number of aromatic nitrogens is 2. The molecular formula is C17H21N3O2. The number of carbonyl (C=O) groups excluding carboxylic acids is 1. The van der Waals surface area contributed by atoms with Gasteiger partial charge >= 0.3 is 0 Å². The van der Waals surface area contributed by atoms with Crippen LogP contribution in [0.15, 0.2) is 42.7 Å². The molecule has 0 spiro atoms. The van der Waals surface area contributed by atoms with Gasteiger partial charge < -0.3 is 10.1 Å². The van der Waals surface area contributed by atoms with E-state index >= 15 is 0 Å². The number of hydrogen-bond donors (Lipinski definition) is 1. The average Bonchev–Trinajstić information content (AvgIpc) is 2.92. The fourth-order valence-electron chi connectivity index (χ4n) is 2.06. The maximum absolute atomic E-state index is 11.9. The number of rotatable bonds is 6. The fourth-order valence-corrected chi connectivity index (χ4v) is 2.06. The molecule has 1 heterocycles. The van der Waals surface area contributed by atoms with Crippen molar-refractivity contribution in [3.05, 3.63) is 53.9 Å². The molecule has 0 aliphatic rings. The molecule has 0 fully saturated rings. The quantitative estimate of drug-likeness (QED) is 0.834. The van der Waals surface area contributed by atoms with Crippen LogP contribution in [0.25, 0.3) is 6.08 Å². The van der Waals surface area contributed by atoms with Crippen LogP contribution in [-0.2, 0) is 11.8 Å². The van der Waals surface area contributed by atoms with E-state index in [1.807, 2.05) is 51.4 Å². The zero-order valence-corrected chi connectivity index (χ0v) is 13.1. The second-order valence-electron chi connectivity index (χ2n) is 5.01. The lowest BCUT2D eigenvalue weighted by Crippen LogP contribution is -2.24. The molecule has 1 aromatic heterocycles. The first kappa shape index (κ1) is 15.8. The van der Waals surface area contributed by atoms with E-state index < -0.39 is 0 Å². The molecule has 116 valence electrons. The van der Waals surface area contributed by atoms with Gasteiger partial charge in [-0.25, -0.2) is 0 Å². The van der Waals surface area contributed by atoms with Gasteiger partial charge in [-0.05, 0) is 37.6 Å². The molecule has 0 radical (unpaired) electrons. The normalized spacial score (nSPS) is 12.3. The topological polar surface area (TPSA) is 56.1 Å². The van der Waals surface area contributed by atoms with Gasteiger partial charge in [-0.1, -0.05) is 12.1 Å². The van der Waals surface area contributed by atoms with Crippen LogP contribution in [0, 0.1) is 0 Å². The number of amides is 1. The van der Waals surface area contributed by atoms with Gasteiger partial charge in [0.2, 0.25) is 5.91 Å². The molecule has 5 heteroatoms. The smallest absolute Gasteiger partial charge is 0.244 e. The summed E-state index contributed by atoms with van der Waals surface area (Å²) in [7, 11) is 1.84. The SMILES string of the molecule is CCOc1ccc(C(C)NC(=O)C=Cc2cnn(C)c2)cc1. The van der Waals surface area contributed by atoms with Gasteiger partial charge in [0.05, 0.1) is 18.8 Å². The Morgan fingerprint density at radius 2 is 2.14 bits per heavy atom. The van der Waals surface area contributed by atoms with Crippen molar-refractivity contribution in [2.75, 3.05) is 6.61 Å². The highest BCUT2D eigenvalue weighted by Crippen LogP contribution is 2.17. The van der Waals surface area contributed by atoms with E-state index in [1.54, 1.807) is 17.0 Å². The molecule has 0 saturated carbocycles. The first-order chi connectivity index (χ1) is 10.6. The minimum Gasteiger partial charge on any atom is -0.494 e. The Bertz CT molecular complexity index is 644. The van der Waals surface area contributed by atoms with Gasteiger partial charge in [-0.2, -0.15) is 5.10 Å². The summed E-state index contributed by atoms with van der Waals surface area (Å²) in [6.07, 6.45) is 6.81. The first-order valence-electron chi connectivity index (χ1n) is 7.28. The summed E-state index contributed by atoms with van der Waals surface area (Å²) in [4.78, 5) is 11.9. The highest BCUT2D eigenvalue weighted by Gasteiger charge is 2.07. The third-order valence-electron chi connectivity index (χ3n) is 3.20. The molecule has 0 saturated heterocycles. The highest BCUT2D eigenvalue weighted by molar-refractivity contribution is 5.91. The lowest BCUT2D eigenvalue weighted by molar-refractivity contribution is -0.117. The summed E-state index contributed by atoms with van der Waals surface area (Å²) >= 11 is 0. The Balaban J connectivity index is 1.91. The molecule has 2 aromatic rings. The van der Waals surface area contributed by atoms with Crippen LogP contribution in [0.1, 0.15) is 31.0 Å². The van der Waals surface area contributed by atoms with Crippen molar-refractivity contribution >= 4 is 12.0 Å². The van der Waals surface area contributed by atoms with Crippen LogP contribution in [0.3, 0.4) is 0 Å². The number of nitrogens with one attached hydrogen (secondary N) is 1. The Morgan fingerprint density at radius 1 is 1.41 bits per heavy atom. The van der Waals surface area contributed by atoms with E-state index in [9.17, 15) is 4.79 Å². The number of benzene rings is 1. The Kier molecular flexibility index (Phi) is 5.36. The molecule has 2 rings (SSSR count). The van der Waals surface area contributed by atoms with Crippen molar-refractivity contribution in [2.24, 2.45) is 7.05 Å². The lowest BCUT2D eigenvalue weighted by Gasteiger charge is -2.13. The molecule has 1 unspecified atom stereocenters. The molecule has 1 amide bonds. The minimum atomic E-state index is -0.134. The Labute approximate surface area is 130 Å². The third-order valence-corrected chi connectivity index (χ3v) is 3.20. The fraction of sp³-hybridized carbons (Fsp3) is 0.294. The summed E-state index contributed by atoms with van der Waals surface area (Å²) in [5.41, 5.74) is 1.93. The molecular weight excluding hydrogens is 278 g/mol. The van der Waals surface area contributed by atoms with Gasteiger partial charge in [0.25, 0.3) is 0 Å². The largest absolute Gasteiger partial charge is 0.494 e. The molecule has 22 heavy (non-hydrogen) atoms. The zero-order chi connectivity index (χ0) is 15.9. The van der Waals surface area contributed by atoms with Crippen LogP contribution >= 0.6 is 0 Å². The number of aryl methyl sites for hydroxylation is 1. The predicted molar refractivity (Wildman–Crippen MR) is 86.4 cm³/mol. The molecule has 1 N–H and O–H groups in total. The van der Waals surface area contributed by atoms with Crippen molar-refractivity contribution in [1.82, 2.24) is 15.1 Å². The lowest BCUT2D eigenvalue weighted by atomic mass is 10.1. The molecule has 0 bridgehead atoms. The van der Waals surface area contributed by atoms with E-state index in [0.29, 0.717) is 6.61 Å². The maximum atomic E-state index is 11.9. The van der Waals surface area contributed by atoms with Gasteiger partial charge in [-0.3, -0.25) is 9.48 Å². The van der Waals surface area contributed by atoms with Crippen LogP contribution in [0.2, 0.25) is 0 Å². The second kappa shape index (κ2) is 7.45. The van der Waals surface area contributed by atoms with Gasteiger partial charge in [0, 0.05) is 24.9 Å². The van der Waals surface area contributed by atoms with Crippen LogP contribution < -0.4 is 10.1 Å². The van der Waals surface area contributed by atoms with E-state index in [1.165, 1.54) is 6.08 Å². The molecule has 0 aliphatic carbocycles. The number of nitrogens with zero attached hydrogens (tertiary/aromatic N) is 2. The zero-order valence-electron chi connectivity index (χ0n) is 13.1. The molecule has 5 nitrogen and oxygen atoms in total. The van der Waals surface area contributed by atoms with Crippen molar-refractivity contribution in [3.63, 3.8) is 0 Å². The number of ether oxygens (including phenoxy) is 1. The van der Waals surface area contributed by atoms with Crippen molar-refractivity contribution < 1.29 is 9.53 Å². The van der Waals surface area contributed by atoms with E-state index in [-0.39, 0.29) is 11.9 Å². The molecule has 1 atom stereocenters. The van der Waals surface area contributed by atoms with Gasteiger partial charge in [-0.15, -0.1) is 0 Å². The summed E-state index contributed by atoms with van der Waals surface area (Å²) in [5.74, 6) is 0.700. The van der Waals surface area contributed by atoms with Crippen LogP contribution in [0.4, 0.5) is 0 Å². The Hall–Kier alpha value is -2.56. The van der Waals surface area contributed by atoms with Crippen LogP contribution in [0.5, 0.6) is 5.75 Å². The van der Waals surface area contributed by atoms with E-state index in [2.05, 4.69) is 10.4 Å². The van der Waals surface area contributed by atoms with Crippen molar-refractivity contribution in [3.8, 4) is 5.75 Å². The summed E-state index contributed by atoms with van der Waals surface area (Å²) < 4.78 is 7.10. The second-order valence-corrected chi connectivity index (χ2v) is 5.01. The van der Waals surface area contributed by atoms with Crippen molar-refractivity contribution in [2.45, 2.75) is 19.9 Å². The number of hydrogen-bond acceptors (Lipinski definition) is 3. The van der Waals surface area contributed by atoms with Gasteiger partial charge in [0.1, 0.15) is 5.75 Å². The molecule has 0 aliphatic heterocycles. The van der Waals surface area contributed by atoms with E-state index in [0.717, 1.165) is 16.9 Å². The summed E-state index contributed by atoms with van der Waals surface area (Å²) in [6.45, 7) is 4.54. The monoisotopic (exact) mass is 299 g/mol. The minimum absolute atomic E-state index is 0.0678. The van der Waals surface area contributed by atoms with Crippen LogP contribution in [-0.4, -0.2) is 22.3 Å². The summed E-state index contributed by atoms with van der Waals surface area (Å²) in [5, 5.41) is 6.98. The molecule has 1 aromatic carbocycles.